The fourth-order valence-electron chi connectivity index (χ4n) is 2.13. The van der Waals surface area contributed by atoms with E-state index in [-0.39, 0.29) is 11.9 Å². The number of amides is 1. The van der Waals surface area contributed by atoms with Crippen LogP contribution in [0.3, 0.4) is 0 Å². The van der Waals surface area contributed by atoms with Gasteiger partial charge in [-0.1, -0.05) is 54.6 Å². The van der Waals surface area contributed by atoms with Crippen LogP contribution in [0.2, 0.25) is 0 Å². The number of rotatable bonds is 6. The van der Waals surface area contributed by atoms with E-state index in [4.69, 9.17) is 0 Å². The standard InChI is InChI=1S/C18H21NOS/c1-14-8-6-7-11-17(14)12-21-13-18(20)19-15(2)16-9-4-3-5-10-16/h3-11,15H,12-13H2,1-2H3,(H,19,20). The molecule has 21 heavy (non-hydrogen) atoms. The molecule has 0 aliphatic heterocycles. The highest BCUT2D eigenvalue weighted by molar-refractivity contribution is 7.99. The summed E-state index contributed by atoms with van der Waals surface area (Å²) in [6.07, 6.45) is 0. The summed E-state index contributed by atoms with van der Waals surface area (Å²) in [5, 5.41) is 3.04. The maximum atomic E-state index is 12.0. The lowest BCUT2D eigenvalue weighted by atomic mass is 10.1. The number of thioether (sulfide) groups is 1. The number of benzene rings is 2. The number of carbonyl (C=O) groups excluding carboxylic acids is 1. The Kier molecular flexibility index (Phi) is 5.88. The molecule has 2 rings (SSSR count). The topological polar surface area (TPSA) is 29.1 Å². The molecule has 0 saturated heterocycles. The lowest BCUT2D eigenvalue weighted by molar-refractivity contribution is -0.119. The minimum Gasteiger partial charge on any atom is -0.349 e. The van der Waals surface area contributed by atoms with E-state index >= 15 is 0 Å². The van der Waals surface area contributed by atoms with Gasteiger partial charge in [0, 0.05) is 5.75 Å². The molecule has 2 nitrogen and oxygen atoms in total. The van der Waals surface area contributed by atoms with Gasteiger partial charge in [0.1, 0.15) is 0 Å². The van der Waals surface area contributed by atoms with Crippen molar-refractivity contribution in [2.45, 2.75) is 25.6 Å². The van der Waals surface area contributed by atoms with Crippen LogP contribution < -0.4 is 5.32 Å². The largest absolute Gasteiger partial charge is 0.349 e. The van der Waals surface area contributed by atoms with Gasteiger partial charge >= 0.3 is 0 Å². The first-order valence-electron chi connectivity index (χ1n) is 7.13. The molecule has 0 heterocycles. The van der Waals surface area contributed by atoms with Gasteiger partial charge in [-0.15, -0.1) is 11.8 Å². The first-order valence-corrected chi connectivity index (χ1v) is 8.29. The third-order valence-electron chi connectivity index (χ3n) is 3.43. The van der Waals surface area contributed by atoms with Crippen molar-refractivity contribution in [2.24, 2.45) is 0 Å². The summed E-state index contributed by atoms with van der Waals surface area (Å²) in [5.41, 5.74) is 3.71. The third kappa shape index (κ3) is 4.94. The molecule has 0 aliphatic rings. The molecule has 0 radical (unpaired) electrons. The Labute approximate surface area is 131 Å². The number of hydrogen-bond acceptors (Lipinski definition) is 2. The predicted molar refractivity (Wildman–Crippen MR) is 90.3 cm³/mol. The van der Waals surface area contributed by atoms with Gasteiger partial charge in [-0.25, -0.2) is 0 Å². The van der Waals surface area contributed by atoms with Crippen molar-refractivity contribution in [2.75, 3.05) is 5.75 Å². The van der Waals surface area contributed by atoms with E-state index in [2.05, 4.69) is 24.4 Å². The van der Waals surface area contributed by atoms with Crippen molar-refractivity contribution in [3.05, 3.63) is 71.3 Å². The highest BCUT2D eigenvalue weighted by Crippen LogP contribution is 2.16. The summed E-state index contributed by atoms with van der Waals surface area (Å²) in [7, 11) is 0. The van der Waals surface area contributed by atoms with Crippen molar-refractivity contribution in [3.63, 3.8) is 0 Å². The van der Waals surface area contributed by atoms with Gasteiger partial charge in [-0.3, -0.25) is 4.79 Å². The van der Waals surface area contributed by atoms with Crippen LogP contribution in [0.4, 0.5) is 0 Å². The Hall–Kier alpha value is -1.74. The van der Waals surface area contributed by atoms with Crippen molar-refractivity contribution < 1.29 is 4.79 Å². The van der Waals surface area contributed by atoms with Gasteiger partial charge in [0.05, 0.1) is 11.8 Å². The van der Waals surface area contributed by atoms with E-state index in [1.807, 2.05) is 49.4 Å². The van der Waals surface area contributed by atoms with Crippen LogP contribution in [0.5, 0.6) is 0 Å². The highest BCUT2D eigenvalue weighted by Gasteiger charge is 2.09. The smallest absolute Gasteiger partial charge is 0.230 e. The van der Waals surface area contributed by atoms with Gasteiger partial charge < -0.3 is 5.32 Å². The molecule has 1 atom stereocenters. The second-order valence-electron chi connectivity index (χ2n) is 5.12. The molecule has 0 aromatic heterocycles. The zero-order valence-corrected chi connectivity index (χ0v) is 13.3. The van der Waals surface area contributed by atoms with Gasteiger partial charge in [0.15, 0.2) is 0 Å². The number of hydrogen-bond donors (Lipinski definition) is 1. The summed E-state index contributed by atoms with van der Waals surface area (Å²) < 4.78 is 0. The maximum Gasteiger partial charge on any atom is 0.230 e. The molecular formula is C18H21NOS. The monoisotopic (exact) mass is 299 g/mol. The summed E-state index contributed by atoms with van der Waals surface area (Å²) in [5.74, 6) is 1.45. The molecule has 0 fully saturated rings. The summed E-state index contributed by atoms with van der Waals surface area (Å²) in [6.45, 7) is 4.12. The highest BCUT2D eigenvalue weighted by atomic mass is 32.2. The molecule has 0 aliphatic carbocycles. The molecule has 0 saturated carbocycles. The Balaban J connectivity index is 1.76. The maximum absolute atomic E-state index is 12.0. The SMILES string of the molecule is Cc1ccccc1CSCC(=O)NC(C)c1ccccc1. The van der Waals surface area contributed by atoms with E-state index in [0.717, 1.165) is 11.3 Å². The van der Waals surface area contributed by atoms with Gasteiger partial charge in [0.25, 0.3) is 0 Å². The zero-order valence-electron chi connectivity index (χ0n) is 12.5. The molecule has 0 spiro atoms. The van der Waals surface area contributed by atoms with E-state index in [9.17, 15) is 4.79 Å². The molecule has 1 amide bonds. The van der Waals surface area contributed by atoms with Crippen molar-refractivity contribution in [1.82, 2.24) is 5.32 Å². The van der Waals surface area contributed by atoms with Crippen LogP contribution >= 0.6 is 11.8 Å². The van der Waals surface area contributed by atoms with Crippen LogP contribution in [0, 0.1) is 6.92 Å². The molecule has 1 N–H and O–H groups in total. The Morgan fingerprint density at radius 1 is 1.10 bits per heavy atom. The first kappa shape index (κ1) is 15.6. The average Bonchev–Trinajstić information content (AvgIpc) is 2.50. The number of carbonyl (C=O) groups is 1. The molecule has 2 aromatic rings. The van der Waals surface area contributed by atoms with E-state index in [1.165, 1.54) is 11.1 Å². The second kappa shape index (κ2) is 7.89. The normalized spacial score (nSPS) is 11.9. The van der Waals surface area contributed by atoms with Crippen LogP contribution in [-0.4, -0.2) is 11.7 Å². The van der Waals surface area contributed by atoms with Crippen LogP contribution in [0.1, 0.15) is 29.7 Å². The second-order valence-corrected chi connectivity index (χ2v) is 6.10. The minimum absolute atomic E-state index is 0.0535. The predicted octanol–water partition coefficient (Wildman–Crippen LogP) is 4.11. The van der Waals surface area contributed by atoms with Crippen LogP contribution in [-0.2, 0) is 10.5 Å². The molecule has 2 aromatic carbocycles. The molecular weight excluding hydrogens is 278 g/mol. The fraction of sp³-hybridized carbons (Fsp3) is 0.278. The minimum atomic E-state index is 0.0535. The van der Waals surface area contributed by atoms with Gasteiger partial charge in [-0.05, 0) is 30.5 Å². The van der Waals surface area contributed by atoms with Crippen molar-refractivity contribution in [3.8, 4) is 0 Å². The number of nitrogens with one attached hydrogen (secondary N) is 1. The molecule has 3 heteroatoms. The lowest BCUT2D eigenvalue weighted by Gasteiger charge is -2.14. The van der Waals surface area contributed by atoms with Crippen LogP contribution in [0.25, 0.3) is 0 Å². The summed E-state index contributed by atoms with van der Waals surface area (Å²) in [6, 6.07) is 18.4. The van der Waals surface area contributed by atoms with Crippen LogP contribution in [0.15, 0.2) is 54.6 Å². The summed E-state index contributed by atoms with van der Waals surface area (Å²) >= 11 is 1.65. The molecule has 0 bridgehead atoms. The quantitative estimate of drug-likeness (QED) is 0.870. The van der Waals surface area contributed by atoms with E-state index < -0.39 is 0 Å². The first-order chi connectivity index (χ1) is 10.2. The molecule has 1 unspecified atom stereocenters. The Bertz CT molecular complexity index is 583. The zero-order chi connectivity index (χ0) is 15.1. The van der Waals surface area contributed by atoms with E-state index in [0.29, 0.717) is 5.75 Å². The summed E-state index contributed by atoms with van der Waals surface area (Å²) in [4.78, 5) is 12.0. The molecule has 110 valence electrons. The average molecular weight is 299 g/mol. The van der Waals surface area contributed by atoms with Crippen molar-refractivity contribution >= 4 is 17.7 Å². The Morgan fingerprint density at radius 2 is 1.76 bits per heavy atom. The third-order valence-corrected chi connectivity index (χ3v) is 4.41. The number of aryl methyl sites for hydroxylation is 1. The van der Waals surface area contributed by atoms with Crippen molar-refractivity contribution in [1.29, 1.82) is 0 Å². The van der Waals surface area contributed by atoms with Gasteiger partial charge in [0.2, 0.25) is 5.91 Å². The fourth-order valence-corrected chi connectivity index (χ4v) is 3.05. The lowest BCUT2D eigenvalue weighted by Crippen LogP contribution is -2.28. The van der Waals surface area contributed by atoms with Gasteiger partial charge in [-0.2, -0.15) is 0 Å². The van der Waals surface area contributed by atoms with E-state index in [1.54, 1.807) is 11.8 Å². The Morgan fingerprint density at radius 3 is 2.48 bits per heavy atom.